The van der Waals surface area contributed by atoms with Gasteiger partial charge in [0.25, 0.3) is 5.91 Å². The molecule has 2 aromatic heterocycles. The summed E-state index contributed by atoms with van der Waals surface area (Å²) in [4.78, 5) is 23.9. The van der Waals surface area contributed by atoms with Crippen molar-refractivity contribution >= 4 is 17.2 Å². The molecule has 1 amide bonds. The van der Waals surface area contributed by atoms with Crippen molar-refractivity contribution < 1.29 is 4.79 Å². The van der Waals surface area contributed by atoms with Gasteiger partial charge in [0.15, 0.2) is 0 Å². The molecule has 5 nitrogen and oxygen atoms in total. The first-order valence-corrected chi connectivity index (χ1v) is 9.54. The van der Waals surface area contributed by atoms with Crippen LogP contribution >= 0.6 is 11.3 Å². The highest BCUT2D eigenvalue weighted by Gasteiger charge is 2.28. The van der Waals surface area contributed by atoms with Crippen LogP contribution in [0.2, 0.25) is 0 Å². The van der Waals surface area contributed by atoms with Crippen LogP contribution in [0.25, 0.3) is 11.3 Å². The molecule has 1 saturated heterocycles. The van der Waals surface area contributed by atoms with Crippen molar-refractivity contribution in [2.45, 2.75) is 13.0 Å². The molecule has 1 aromatic carbocycles. The minimum absolute atomic E-state index is 0.00452. The summed E-state index contributed by atoms with van der Waals surface area (Å²) in [5, 5.41) is 6.43. The maximum Gasteiger partial charge on any atom is 0.254 e. The van der Waals surface area contributed by atoms with E-state index < -0.39 is 0 Å². The molecule has 0 radical (unpaired) electrons. The van der Waals surface area contributed by atoms with Crippen molar-refractivity contribution in [3.8, 4) is 11.3 Å². The Morgan fingerprint density at radius 3 is 3.00 bits per heavy atom. The van der Waals surface area contributed by atoms with Crippen LogP contribution in [-0.4, -0.2) is 40.4 Å². The van der Waals surface area contributed by atoms with Gasteiger partial charge in [0.05, 0.1) is 16.7 Å². The van der Waals surface area contributed by atoms with Gasteiger partial charge in [-0.05, 0) is 30.7 Å². The monoisotopic (exact) mass is 364 g/mol. The number of thiazole rings is 1. The Labute approximate surface area is 156 Å². The van der Waals surface area contributed by atoms with Crippen LogP contribution in [0.5, 0.6) is 0 Å². The highest BCUT2D eigenvalue weighted by atomic mass is 32.1. The van der Waals surface area contributed by atoms with Gasteiger partial charge in [-0.25, -0.2) is 4.98 Å². The maximum absolute atomic E-state index is 13.2. The lowest BCUT2D eigenvalue weighted by Crippen LogP contribution is -2.48. The molecule has 1 aliphatic heterocycles. The van der Waals surface area contributed by atoms with Gasteiger partial charge in [0.1, 0.15) is 0 Å². The average Bonchev–Trinajstić information content (AvgIpc) is 3.15. The van der Waals surface area contributed by atoms with Crippen LogP contribution in [0.1, 0.15) is 27.0 Å². The van der Waals surface area contributed by atoms with Crippen molar-refractivity contribution in [2.24, 2.45) is 0 Å². The number of aromatic nitrogens is 2. The first-order chi connectivity index (χ1) is 12.7. The summed E-state index contributed by atoms with van der Waals surface area (Å²) in [7, 11) is 0. The highest BCUT2D eigenvalue weighted by Crippen LogP contribution is 2.26. The number of nitrogens with one attached hydrogen (secondary N) is 1. The van der Waals surface area contributed by atoms with Gasteiger partial charge in [-0.2, -0.15) is 0 Å². The Kier molecular flexibility index (Phi) is 4.77. The van der Waals surface area contributed by atoms with E-state index in [0.717, 1.165) is 34.9 Å². The number of hydrogen-bond donors (Lipinski definition) is 1. The van der Waals surface area contributed by atoms with Crippen LogP contribution in [-0.2, 0) is 0 Å². The Bertz CT molecular complexity index is 909. The Morgan fingerprint density at radius 1 is 1.31 bits per heavy atom. The summed E-state index contributed by atoms with van der Waals surface area (Å²) in [5.41, 5.74) is 3.66. The van der Waals surface area contributed by atoms with Gasteiger partial charge in [0, 0.05) is 48.5 Å². The minimum Gasteiger partial charge on any atom is -0.329 e. The number of benzene rings is 1. The second-order valence-electron chi connectivity index (χ2n) is 6.34. The second-order valence-corrected chi connectivity index (χ2v) is 7.40. The molecule has 4 rings (SSSR count). The second kappa shape index (κ2) is 7.35. The average molecular weight is 364 g/mol. The zero-order chi connectivity index (χ0) is 17.9. The van der Waals surface area contributed by atoms with Crippen LogP contribution in [0.3, 0.4) is 0 Å². The van der Waals surface area contributed by atoms with Crippen LogP contribution < -0.4 is 5.32 Å². The number of aryl methyl sites for hydroxylation is 1. The lowest BCUT2D eigenvalue weighted by molar-refractivity contribution is 0.0634. The van der Waals surface area contributed by atoms with E-state index in [1.807, 2.05) is 59.8 Å². The summed E-state index contributed by atoms with van der Waals surface area (Å²) >= 11 is 1.62. The molecule has 1 fully saturated rings. The first kappa shape index (κ1) is 16.9. The van der Waals surface area contributed by atoms with Gasteiger partial charge in [-0.3, -0.25) is 9.78 Å². The van der Waals surface area contributed by atoms with Crippen LogP contribution in [0.15, 0.2) is 54.2 Å². The largest absolute Gasteiger partial charge is 0.329 e. The standard InChI is InChI=1S/C20H20N4OS/c1-14-23-18(13-26-14)15-4-2-5-16(10-15)20(25)24-9-8-22-12-19(24)17-6-3-7-21-11-17/h2-7,10-11,13,19,22H,8-9,12H2,1H3. The third-order valence-corrected chi connectivity index (χ3v) is 5.37. The summed E-state index contributed by atoms with van der Waals surface area (Å²) in [6.45, 7) is 4.21. The normalized spacial score (nSPS) is 17.3. The number of nitrogens with zero attached hydrogens (tertiary/aromatic N) is 3. The lowest BCUT2D eigenvalue weighted by Gasteiger charge is -2.36. The van der Waals surface area contributed by atoms with E-state index in [4.69, 9.17) is 0 Å². The zero-order valence-electron chi connectivity index (χ0n) is 14.6. The number of piperazine rings is 1. The van der Waals surface area contributed by atoms with Crippen LogP contribution in [0.4, 0.5) is 0 Å². The third kappa shape index (κ3) is 3.38. The molecular weight excluding hydrogens is 344 g/mol. The van der Waals surface area contributed by atoms with E-state index in [9.17, 15) is 4.79 Å². The van der Waals surface area contributed by atoms with Gasteiger partial charge in [-0.1, -0.05) is 18.2 Å². The Balaban J connectivity index is 1.63. The fourth-order valence-electron chi connectivity index (χ4n) is 3.29. The van der Waals surface area contributed by atoms with E-state index >= 15 is 0 Å². The quantitative estimate of drug-likeness (QED) is 0.775. The SMILES string of the molecule is Cc1nc(-c2cccc(C(=O)N3CCNCC3c3cccnc3)c2)cs1. The molecule has 3 heterocycles. The fourth-order valence-corrected chi connectivity index (χ4v) is 3.91. The third-order valence-electron chi connectivity index (χ3n) is 4.60. The molecule has 3 aromatic rings. The van der Waals surface area contributed by atoms with E-state index in [-0.39, 0.29) is 11.9 Å². The molecule has 0 aliphatic carbocycles. The molecule has 1 N–H and O–H groups in total. The smallest absolute Gasteiger partial charge is 0.254 e. The van der Waals surface area contributed by atoms with Gasteiger partial charge in [0.2, 0.25) is 0 Å². The number of carbonyl (C=O) groups is 1. The van der Waals surface area contributed by atoms with Crippen molar-refractivity contribution in [3.05, 3.63) is 70.3 Å². The van der Waals surface area contributed by atoms with Gasteiger partial charge >= 0.3 is 0 Å². The molecule has 1 unspecified atom stereocenters. The number of rotatable bonds is 3. The van der Waals surface area contributed by atoms with E-state index in [1.165, 1.54) is 0 Å². The zero-order valence-corrected chi connectivity index (χ0v) is 15.4. The summed E-state index contributed by atoms with van der Waals surface area (Å²) in [6, 6.07) is 11.7. The van der Waals surface area contributed by atoms with Crippen molar-refractivity contribution in [1.29, 1.82) is 0 Å². The van der Waals surface area contributed by atoms with Gasteiger partial charge in [-0.15, -0.1) is 11.3 Å². The molecule has 0 spiro atoms. The van der Waals surface area contributed by atoms with E-state index in [2.05, 4.69) is 15.3 Å². The molecule has 26 heavy (non-hydrogen) atoms. The summed E-state index contributed by atoms with van der Waals surface area (Å²) in [6.07, 6.45) is 3.59. The molecule has 0 saturated carbocycles. The van der Waals surface area contributed by atoms with Crippen LogP contribution in [0, 0.1) is 6.92 Å². The minimum atomic E-state index is -0.00452. The number of pyridine rings is 1. The van der Waals surface area contributed by atoms with Crippen molar-refractivity contribution in [2.75, 3.05) is 19.6 Å². The number of carbonyl (C=O) groups excluding carboxylic acids is 1. The van der Waals surface area contributed by atoms with Gasteiger partial charge < -0.3 is 10.2 Å². The summed E-state index contributed by atoms with van der Waals surface area (Å²) < 4.78 is 0. The molecule has 0 bridgehead atoms. The van der Waals surface area contributed by atoms with Crippen molar-refractivity contribution in [3.63, 3.8) is 0 Å². The number of amides is 1. The van der Waals surface area contributed by atoms with E-state index in [1.54, 1.807) is 17.5 Å². The lowest BCUT2D eigenvalue weighted by atomic mass is 10.0. The summed E-state index contributed by atoms with van der Waals surface area (Å²) in [5.74, 6) is 0.0501. The topological polar surface area (TPSA) is 58.1 Å². The fraction of sp³-hybridized carbons (Fsp3) is 0.250. The molecular formula is C20H20N4OS. The van der Waals surface area contributed by atoms with Crippen molar-refractivity contribution in [1.82, 2.24) is 20.2 Å². The van der Waals surface area contributed by atoms with E-state index in [0.29, 0.717) is 12.1 Å². The molecule has 1 atom stereocenters. The predicted molar refractivity (Wildman–Crippen MR) is 103 cm³/mol. The first-order valence-electron chi connectivity index (χ1n) is 8.66. The molecule has 1 aliphatic rings. The Hall–Kier alpha value is -2.57. The highest BCUT2D eigenvalue weighted by molar-refractivity contribution is 7.09. The maximum atomic E-state index is 13.2. The predicted octanol–water partition coefficient (Wildman–Crippen LogP) is 3.30. The molecule has 132 valence electrons. The number of hydrogen-bond acceptors (Lipinski definition) is 5. The Morgan fingerprint density at radius 2 is 2.23 bits per heavy atom. The molecule has 6 heteroatoms.